The van der Waals surface area contributed by atoms with E-state index in [4.69, 9.17) is 9.47 Å². The number of esters is 2. The molecule has 0 bridgehead atoms. The highest BCUT2D eigenvalue weighted by atomic mass is 16.5. The molecule has 0 heterocycles. The molecule has 0 N–H and O–H groups in total. The fourth-order valence-electron chi connectivity index (χ4n) is 9.18. The first-order valence-electron chi connectivity index (χ1n) is 12.9. The highest BCUT2D eigenvalue weighted by Gasteiger charge is 2.60. The van der Waals surface area contributed by atoms with Crippen LogP contribution < -0.4 is 0 Å². The molecule has 31 heavy (non-hydrogen) atoms. The van der Waals surface area contributed by atoms with Gasteiger partial charge in [-0.1, -0.05) is 20.8 Å². The van der Waals surface area contributed by atoms with Crippen LogP contribution in [-0.2, 0) is 19.1 Å². The maximum absolute atomic E-state index is 11.7. The van der Waals surface area contributed by atoms with Gasteiger partial charge in [0.25, 0.3) is 0 Å². The van der Waals surface area contributed by atoms with Crippen molar-refractivity contribution in [1.29, 1.82) is 0 Å². The van der Waals surface area contributed by atoms with Gasteiger partial charge in [0.15, 0.2) is 0 Å². The van der Waals surface area contributed by atoms with Crippen molar-refractivity contribution >= 4 is 11.9 Å². The minimum Gasteiger partial charge on any atom is -0.469 e. The first kappa shape index (κ1) is 23.1. The first-order valence-corrected chi connectivity index (χ1v) is 12.9. The molecule has 4 saturated carbocycles. The zero-order valence-electron chi connectivity index (χ0n) is 20.5. The molecule has 0 aromatic carbocycles. The van der Waals surface area contributed by atoms with Crippen LogP contribution in [0.5, 0.6) is 0 Å². The Bertz CT molecular complexity index is 689. The second-order valence-corrected chi connectivity index (χ2v) is 12.0. The van der Waals surface area contributed by atoms with E-state index in [2.05, 4.69) is 20.8 Å². The number of ether oxygens (including phenoxy) is 2. The average Bonchev–Trinajstić information content (AvgIpc) is 3.09. The molecule has 0 aromatic heterocycles. The van der Waals surface area contributed by atoms with Gasteiger partial charge in [-0.15, -0.1) is 0 Å². The smallest absolute Gasteiger partial charge is 0.305 e. The van der Waals surface area contributed by atoms with E-state index in [-0.39, 0.29) is 18.0 Å². The Morgan fingerprint density at radius 2 is 1.68 bits per heavy atom. The lowest BCUT2D eigenvalue weighted by atomic mass is 9.44. The molecule has 0 aliphatic heterocycles. The van der Waals surface area contributed by atoms with Crippen molar-refractivity contribution in [2.75, 3.05) is 7.11 Å². The Hall–Kier alpha value is -1.06. The average molecular weight is 433 g/mol. The summed E-state index contributed by atoms with van der Waals surface area (Å²) >= 11 is 0. The van der Waals surface area contributed by atoms with Gasteiger partial charge >= 0.3 is 11.9 Å². The molecule has 0 radical (unpaired) electrons. The molecule has 4 heteroatoms. The van der Waals surface area contributed by atoms with Crippen LogP contribution in [-0.4, -0.2) is 25.2 Å². The second-order valence-electron chi connectivity index (χ2n) is 12.0. The molecule has 4 fully saturated rings. The summed E-state index contributed by atoms with van der Waals surface area (Å²) in [4.78, 5) is 23.2. The molecule has 0 spiro atoms. The molecular formula is C27H44O4. The summed E-state index contributed by atoms with van der Waals surface area (Å²) in [5.74, 6) is 4.42. The van der Waals surface area contributed by atoms with E-state index < -0.39 is 0 Å². The zero-order chi connectivity index (χ0) is 22.4. The summed E-state index contributed by atoms with van der Waals surface area (Å²) in [6, 6.07) is 0. The molecule has 4 nitrogen and oxygen atoms in total. The van der Waals surface area contributed by atoms with Crippen LogP contribution in [0.3, 0.4) is 0 Å². The second kappa shape index (κ2) is 8.71. The zero-order valence-corrected chi connectivity index (χ0v) is 20.5. The molecule has 4 aliphatic carbocycles. The predicted octanol–water partition coefficient (Wildman–Crippen LogP) is 6.17. The number of hydrogen-bond acceptors (Lipinski definition) is 4. The summed E-state index contributed by atoms with van der Waals surface area (Å²) in [7, 11) is 1.50. The largest absolute Gasteiger partial charge is 0.469 e. The summed E-state index contributed by atoms with van der Waals surface area (Å²) in [6.07, 6.45) is 13.1. The standard InChI is InChI=1S/C27H44O4/c1-17(6-11-25(29)30-5)22-9-10-23-21-8-7-19-16-20(31-18(2)28)12-14-26(19,3)24(21)13-15-27(22,23)4/h17,19-24H,6-16H2,1-5H3/t17?,19?,20-,21?,22?,23?,24?,26?,27?/m1/s1. The minimum absolute atomic E-state index is 0.0640. The van der Waals surface area contributed by atoms with Gasteiger partial charge < -0.3 is 9.47 Å². The molecule has 0 aromatic rings. The third kappa shape index (κ3) is 4.06. The molecule has 0 saturated heterocycles. The van der Waals surface area contributed by atoms with E-state index >= 15 is 0 Å². The summed E-state index contributed by atoms with van der Waals surface area (Å²) in [5, 5.41) is 0. The van der Waals surface area contributed by atoms with Crippen LogP contribution in [0.1, 0.15) is 98.3 Å². The van der Waals surface area contributed by atoms with Crippen LogP contribution in [0.15, 0.2) is 0 Å². The van der Waals surface area contributed by atoms with Crippen LogP contribution in [0, 0.1) is 46.3 Å². The van der Waals surface area contributed by atoms with Crippen molar-refractivity contribution in [3.8, 4) is 0 Å². The van der Waals surface area contributed by atoms with Gasteiger partial charge in [-0.05, 0) is 111 Å². The molecular weight excluding hydrogens is 388 g/mol. The van der Waals surface area contributed by atoms with Crippen LogP contribution in [0.25, 0.3) is 0 Å². The van der Waals surface area contributed by atoms with Crippen molar-refractivity contribution in [3.63, 3.8) is 0 Å². The Balaban J connectivity index is 1.45. The molecule has 9 atom stereocenters. The van der Waals surface area contributed by atoms with Crippen molar-refractivity contribution < 1.29 is 19.1 Å². The van der Waals surface area contributed by atoms with Gasteiger partial charge in [0.2, 0.25) is 0 Å². The van der Waals surface area contributed by atoms with Crippen molar-refractivity contribution in [1.82, 2.24) is 0 Å². The Morgan fingerprint density at radius 3 is 2.39 bits per heavy atom. The van der Waals surface area contributed by atoms with Crippen LogP contribution in [0.2, 0.25) is 0 Å². The molecule has 0 amide bonds. The SMILES string of the molecule is COC(=O)CCC(C)C1CCC2C3CCC4C[C@H](OC(C)=O)CCC4(C)C3CCC12C. The van der Waals surface area contributed by atoms with Crippen LogP contribution >= 0.6 is 0 Å². The van der Waals surface area contributed by atoms with Gasteiger partial charge in [-0.2, -0.15) is 0 Å². The highest BCUT2D eigenvalue weighted by molar-refractivity contribution is 5.69. The van der Waals surface area contributed by atoms with Crippen molar-refractivity contribution in [2.24, 2.45) is 46.3 Å². The Labute approximate surface area is 189 Å². The maximum atomic E-state index is 11.7. The third-order valence-electron chi connectivity index (χ3n) is 10.7. The van der Waals surface area contributed by atoms with E-state index in [9.17, 15) is 9.59 Å². The van der Waals surface area contributed by atoms with Gasteiger partial charge in [-0.25, -0.2) is 0 Å². The maximum Gasteiger partial charge on any atom is 0.305 e. The normalized spacial score (nSPS) is 45.1. The van der Waals surface area contributed by atoms with Gasteiger partial charge in [0.1, 0.15) is 6.10 Å². The number of rotatable bonds is 5. The summed E-state index contributed by atoms with van der Waals surface area (Å²) in [5.41, 5.74) is 0.865. The van der Waals surface area contributed by atoms with E-state index in [1.165, 1.54) is 52.1 Å². The molecule has 4 rings (SSSR count). The number of carbonyl (C=O) groups excluding carboxylic acids is 2. The Kier molecular flexibility index (Phi) is 6.49. The van der Waals surface area contributed by atoms with Crippen LogP contribution in [0.4, 0.5) is 0 Å². The topological polar surface area (TPSA) is 52.6 Å². The quantitative estimate of drug-likeness (QED) is 0.488. The number of methoxy groups -OCH3 is 1. The third-order valence-corrected chi connectivity index (χ3v) is 10.7. The van der Waals surface area contributed by atoms with E-state index in [0.717, 1.165) is 42.9 Å². The fraction of sp³-hybridized carbons (Fsp3) is 0.926. The van der Waals surface area contributed by atoms with E-state index in [1.54, 1.807) is 6.92 Å². The number of fused-ring (bicyclic) bond motifs is 5. The number of carbonyl (C=O) groups is 2. The lowest BCUT2D eigenvalue weighted by Crippen LogP contribution is -2.54. The lowest BCUT2D eigenvalue weighted by molar-refractivity contribution is -0.160. The van der Waals surface area contributed by atoms with Gasteiger partial charge in [0, 0.05) is 13.3 Å². The van der Waals surface area contributed by atoms with Crippen molar-refractivity contribution in [2.45, 2.75) is 104 Å². The predicted molar refractivity (Wildman–Crippen MR) is 121 cm³/mol. The highest BCUT2D eigenvalue weighted by Crippen LogP contribution is 2.68. The van der Waals surface area contributed by atoms with Gasteiger partial charge in [0.05, 0.1) is 7.11 Å². The summed E-state index contributed by atoms with van der Waals surface area (Å²) < 4.78 is 10.5. The molecule has 4 aliphatic rings. The van der Waals surface area contributed by atoms with E-state index in [1.807, 2.05) is 0 Å². The lowest BCUT2D eigenvalue weighted by Gasteiger charge is -2.61. The molecule has 8 unspecified atom stereocenters. The minimum atomic E-state index is -0.117. The monoisotopic (exact) mass is 432 g/mol. The van der Waals surface area contributed by atoms with Gasteiger partial charge in [-0.3, -0.25) is 9.59 Å². The first-order chi connectivity index (χ1) is 14.7. The van der Waals surface area contributed by atoms with Crippen molar-refractivity contribution in [3.05, 3.63) is 0 Å². The number of hydrogen-bond donors (Lipinski definition) is 0. The fourth-order valence-corrected chi connectivity index (χ4v) is 9.18. The summed E-state index contributed by atoms with van der Waals surface area (Å²) in [6.45, 7) is 9.09. The molecule has 176 valence electrons. The van der Waals surface area contributed by atoms with E-state index in [0.29, 0.717) is 29.1 Å². The Morgan fingerprint density at radius 1 is 0.968 bits per heavy atom.